The Morgan fingerprint density at radius 3 is 2.70 bits per heavy atom. The molecule has 0 bridgehead atoms. The van der Waals surface area contributed by atoms with Gasteiger partial charge in [0, 0.05) is 37.8 Å². The Hall–Kier alpha value is -2.77. The van der Waals surface area contributed by atoms with Gasteiger partial charge in [-0.3, -0.25) is 9.59 Å². The number of amides is 2. The molecule has 3 rings (SSSR count). The number of nitrogens with zero attached hydrogens (tertiary/aromatic N) is 1. The second kappa shape index (κ2) is 9.25. The van der Waals surface area contributed by atoms with Crippen molar-refractivity contribution in [3.63, 3.8) is 0 Å². The number of nitrogens with one attached hydrogen (secondary N) is 2. The largest absolute Gasteiger partial charge is 0.492 e. The predicted molar refractivity (Wildman–Crippen MR) is 109 cm³/mol. The van der Waals surface area contributed by atoms with Gasteiger partial charge < -0.3 is 26.0 Å². The Labute approximate surface area is 164 Å². The highest BCUT2D eigenvalue weighted by molar-refractivity contribution is 6.06. The first-order valence-electron chi connectivity index (χ1n) is 8.46. The molecule has 0 fully saturated rings. The summed E-state index contributed by atoms with van der Waals surface area (Å²) in [6, 6.07) is 12.4. The van der Waals surface area contributed by atoms with Crippen molar-refractivity contribution in [2.45, 2.75) is 6.42 Å². The van der Waals surface area contributed by atoms with E-state index in [-0.39, 0.29) is 24.2 Å². The van der Waals surface area contributed by atoms with Crippen LogP contribution in [0.15, 0.2) is 42.5 Å². The van der Waals surface area contributed by atoms with Gasteiger partial charge in [0.2, 0.25) is 5.91 Å². The van der Waals surface area contributed by atoms with Crippen molar-refractivity contribution in [1.82, 2.24) is 0 Å². The fourth-order valence-corrected chi connectivity index (χ4v) is 2.73. The third-order valence-electron chi connectivity index (χ3n) is 4.12. The zero-order valence-corrected chi connectivity index (χ0v) is 15.8. The van der Waals surface area contributed by atoms with E-state index in [2.05, 4.69) is 10.6 Å². The van der Waals surface area contributed by atoms with E-state index in [1.807, 2.05) is 18.0 Å². The minimum absolute atomic E-state index is 0. The second-order valence-corrected chi connectivity index (χ2v) is 6.07. The van der Waals surface area contributed by atoms with Crippen molar-refractivity contribution >= 4 is 41.3 Å². The van der Waals surface area contributed by atoms with Crippen LogP contribution in [0, 0.1) is 0 Å². The molecule has 0 unspecified atom stereocenters. The molecule has 4 N–H and O–H groups in total. The lowest BCUT2D eigenvalue weighted by atomic mass is 10.1. The Kier molecular flexibility index (Phi) is 7.04. The SMILES string of the molecule is CN1CCC(=O)Nc2cc(C(=O)Nc3ccc(OCCN)cc3)ccc21.Cl. The summed E-state index contributed by atoms with van der Waals surface area (Å²) in [6.07, 6.45) is 0.422. The van der Waals surface area contributed by atoms with Gasteiger partial charge in [-0.2, -0.15) is 0 Å². The fraction of sp³-hybridized carbons (Fsp3) is 0.263. The van der Waals surface area contributed by atoms with Crippen molar-refractivity contribution < 1.29 is 14.3 Å². The molecule has 1 aliphatic heterocycles. The van der Waals surface area contributed by atoms with Crippen molar-refractivity contribution in [3.8, 4) is 5.75 Å². The van der Waals surface area contributed by atoms with Crippen molar-refractivity contribution in [2.75, 3.05) is 42.3 Å². The Bertz CT molecular complexity index is 811. The molecule has 1 aliphatic rings. The van der Waals surface area contributed by atoms with E-state index in [9.17, 15) is 9.59 Å². The number of benzene rings is 2. The lowest BCUT2D eigenvalue weighted by molar-refractivity contribution is -0.115. The molecule has 1 heterocycles. The van der Waals surface area contributed by atoms with Crippen LogP contribution in [0.1, 0.15) is 16.8 Å². The van der Waals surface area contributed by atoms with Gasteiger partial charge in [0.1, 0.15) is 12.4 Å². The Morgan fingerprint density at radius 2 is 2.00 bits per heavy atom. The van der Waals surface area contributed by atoms with E-state index in [4.69, 9.17) is 10.5 Å². The number of fused-ring (bicyclic) bond motifs is 1. The minimum atomic E-state index is -0.246. The second-order valence-electron chi connectivity index (χ2n) is 6.07. The highest BCUT2D eigenvalue weighted by Gasteiger charge is 2.18. The van der Waals surface area contributed by atoms with Crippen LogP contribution in [0.3, 0.4) is 0 Å². The summed E-state index contributed by atoms with van der Waals surface area (Å²) in [5.74, 6) is 0.398. The van der Waals surface area contributed by atoms with Gasteiger partial charge >= 0.3 is 0 Å². The number of ether oxygens (including phenoxy) is 1. The van der Waals surface area contributed by atoms with Gasteiger partial charge in [-0.05, 0) is 42.5 Å². The third-order valence-corrected chi connectivity index (χ3v) is 4.12. The zero-order valence-electron chi connectivity index (χ0n) is 15.0. The van der Waals surface area contributed by atoms with Gasteiger partial charge in [-0.25, -0.2) is 0 Å². The first kappa shape index (κ1) is 20.5. The molecule has 2 aromatic rings. The molecule has 8 heteroatoms. The molecule has 0 saturated heterocycles. The lowest BCUT2D eigenvalue weighted by Crippen LogP contribution is -2.18. The number of carbonyl (C=O) groups excluding carboxylic acids is 2. The molecule has 0 radical (unpaired) electrons. The summed E-state index contributed by atoms with van der Waals surface area (Å²) in [5, 5.41) is 5.69. The standard InChI is InChI=1S/C19H22N4O3.ClH/c1-23-10-8-18(24)22-16-12-13(2-7-17(16)23)19(25)21-14-3-5-15(6-4-14)26-11-9-20;/h2-7,12H,8-11,20H2,1H3,(H,21,25)(H,22,24);1H. The fourth-order valence-electron chi connectivity index (χ4n) is 2.73. The topological polar surface area (TPSA) is 96.7 Å². The van der Waals surface area contributed by atoms with Crippen LogP contribution in [0.4, 0.5) is 17.1 Å². The van der Waals surface area contributed by atoms with E-state index in [0.29, 0.717) is 48.8 Å². The summed E-state index contributed by atoms with van der Waals surface area (Å²) in [5.41, 5.74) is 8.08. The van der Waals surface area contributed by atoms with Gasteiger partial charge in [-0.1, -0.05) is 0 Å². The Balaban J connectivity index is 0.00000261. The predicted octanol–water partition coefficient (Wildman–Crippen LogP) is 2.48. The lowest BCUT2D eigenvalue weighted by Gasteiger charge is -2.18. The van der Waals surface area contributed by atoms with E-state index in [0.717, 1.165) is 5.69 Å². The minimum Gasteiger partial charge on any atom is -0.492 e. The summed E-state index contributed by atoms with van der Waals surface area (Å²) in [7, 11) is 1.92. The van der Waals surface area contributed by atoms with Gasteiger partial charge in [-0.15, -0.1) is 12.4 Å². The molecule has 0 atom stereocenters. The monoisotopic (exact) mass is 390 g/mol. The number of anilines is 3. The molecule has 144 valence electrons. The van der Waals surface area contributed by atoms with Crippen LogP contribution < -0.4 is 26.0 Å². The number of rotatable bonds is 5. The smallest absolute Gasteiger partial charge is 0.255 e. The molecule has 0 aromatic heterocycles. The molecular formula is C19H23ClN4O3. The van der Waals surface area contributed by atoms with Crippen molar-refractivity contribution in [3.05, 3.63) is 48.0 Å². The number of halogens is 1. The van der Waals surface area contributed by atoms with Gasteiger partial charge in [0.25, 0.3) is 5.91 Å². The summed E-state index contributed by atoms with van der Waals surface area (Å²) in [4.78, 5) is 26.3. The average Bonchev–Trinajstić information content (AvgIpc) is 2.79. The van der Waals surface area contributed by atoms with Crippen LogP contribution in [0.25, 0.3) is 0 Å². The van der Waals surface area contributed by atoms with Crippen LogP contribution in [0.5, 0.6) is 5.75 Å². The molecule has 27 heavy (non-hydrogen) atoms. The maximum atomic E-state index is 12.5. The highest BCUT2D eigenvalue weighted by Crippen LogP contribution is 2.29. The zero-order chi connectivity index (χ0) is 18.5. The van der Waals surface area contributed by atoms with E-state index >= 15 is 0 Å². The van der Waals surface area contributed by atoms with Crippen LogP contribution in [-0.2, 0) is 4.79 Å². The quantitative estimate of drug-likeness (QED) is 0.728. The van der Waals surface area contributed by atoms with Gasteiger partial charge in [0.15, 0.2) is 0 Å². The summed E-state index contributed by atoms with van der Waals surface area (Å²) >= 11 is 0. The molecule has 7 nitrogen and oxygen atoms in total. The summed E-state index contributed by atoms with van der Waals surface area (Å²) < 4.78 is 5.41. The number of hydrogen-bond donors (Lipinski definition) is 3. The first-order valence-corrected chi connectivity index (χ1v) is 8.46. The van der Waals surface area contributed by atoms with Crippen molar-refractivity contribution in [1.29, 1.82) is 0 Å². The van der Waals surface area contributed by atoms with Crippen molar-refractivity contribution in [2.24, 2.45) is 5.73 Å². The maximum Gasteiger partial charge on any atom is 0.255 e. The Morgan fingerprint density at radius 1 is 1.26 bits per heavy atom. The number of hydrogen-bond acceptors (Lipinski definition) is 5. The number of nitrogens with two attached hydrogens (primary N) is 1. The highest BCUT2D eigenvalue weighted by atomic mass is 35.5. The third kappa shape index (κ3) is 5.12. The molecule has 2 amide bonds. The average molecular weight is 391 g/mol. The molecular weight excluding hydrogens is 368 g/mol. The van der Waals surface area contributed by atoms with Crippen LogP contribution >= 0.6 is 12.4 Å². The van der Waals surface area contributed by atoms with Crippen LogP contribution in [0.2, 0.25) is 0 Å². The molecule has 0 spiro atoms. The number of carbonyl (C=O) groups is 2. The van der Waals surface area contributed by atoms with E-state index < -0.39 is 0 Å². The van der Waals surface area contributed by atoms with Crippen LogP contribution in [-0.4, -0.2) is 38.6 Å². The normalized spacial score (nSPS) is 13.0. The van der Waals surface area contributed by atoms with Gasteiger partial charge in [0.05, 0.1) is 11.4 Å². The van der Waals surface area contributed by atoms with E-state index in [1.54, 1.807) is 36.4 Å². The maximum absolute atomic E-state index is 12.5. The van der Waals surface area contributed by atoms with E-state index in [1.165, 1.54) is 0 Å². The molecule has 2 aromatic carbocycles. The molecule has 0 aliphatic carbocycles. The molecule has 0 saturated carbocycles. The summed E-state index contributed by atoms with van der Waals surface area (Å²) in [6.45, 7) is 1.53. The first-order chi connectivity index (χ1) is 12.6.